The summed E-state index contributed by atoms with van der Waals surface area (Å²) >= 11 is 3.09. The quantitative estimate of drug-likeness (QED) is 0.492. The molecule has 3 nitrogen and oxygen atoms in total. The molecule has 0 amide bonds. The number of benzene rings is 1. The number of rotatable bonds is 1. The Hall–Kier alpha value is -1.38. The van der Waals surface area contributed by atoms with E-state index in [9.17, 15) is 14.3 Å². The zero-order chi connectivity index (χ0) is 12.1. The van der Waals surface area contributed by atoms with Crippen molar-refractivity contribution in [1.29, 1.82) is 0 Å². The molecule has 0 saturated carbocycles. The average molecular weight is 303 g/mol. The zero-order valence-corrected chi connectivity index (χ0v) is 9.92. The van der Waals surface area contributed by atoms with Crippen LogP contribution >= 0.6 is 15.9 Å². The van der Waals surface area contributed by atoms with Crippen LogP contribution in [0.5, 0.6) is 0 Å². The molecule has 0 aromatic heterocycles. The van der Waals surface area contributed by atoms with E-state index in [1.807, 2.05) is 5.92 Å². The van der Waals surface area contributed by atoms with E-state index >= 15 is 0 Å². The third-order valence-electron chi connectivity index (χ3n) is 1.75. The van der Waals surface area contributed by atoms with Crippen molar-refractivity contribution in [2.24, 2.45) is 0 Å². The van der Waals surface area contributed by atoms with Gasteiger partial charge in [0.1, 0.15) is 11.9 Å². The predicted octanol–water partition coefficient (Wildman–Crippen LogP) is 2.43. The van der Waals surface area contributed by atoms with Gasteiger partial charge in [-0.1, -0.05) is 35.3 Å². The minimum atomic E-state index is -1.35. The van der Waals surface area contributed by atoms with Gasteiger partial charge >= 0.3 is 5.97 Å². The van der Waals surface area contributed by atoms with Crippen molar-refractivity contribution in [3.05, 3.63) is 34.1 Å². The van der Waals surface area contributed by atoms with Gasteiger partial charge in [-0.25, -0.2) is 9.18 Å². The predicted molar refractivity (Wildman–Crippen MR) is 65.6 cm³/mol. The van der Waals surface area contributed by atoms with Crippen molar-refractivity contribution in [3.8, 4) is 11.8 Å². The lowest BCUT2D eigenvalue weighted by Gasteiger charge is -2.05. The third kappa shape index (κ3) is 4.55. The highest BCUT2D eigenvalue weighted by Gasteiger charge is 2.10. The van der Waals surface area contributed by atoms with Gasteiger partial charge in [0.15, 0.2) is 0 Å². The number of methoxy groups -OCH3 is 1. The van der Waals surface area contributed by atoms with Gasteiger partial charge in [-0.2, -0.15) is 0 Å². The Kier molecular flexibility index (Phi) is 6.47. The average Bonchev–Trinajstić information content (AvgIpc) is 2.25. The fourth-order valence-electron chi connectivity index (χ4n) is 0.979. The van der Waals surface area contributed by atoms with Crippen LogP contribution in [0.15, 0.2) is 22.7 Å². The topological polar surface area (TPSA) is 46.5 Å². The number of hydrogen-bond donors (Lipinski definition) is 1. The Morgan fingerprint density at radius 2 is 2.24 bits per heavy atom. The molecule has 1 rings (SSSR count). The first-order valence-electron chi connectivity index (χ1n) is 4.27. The van der Waals surface area contributed by atoms with Gasteiger partial charge in [0.25, 0.3) is 0 Å². The number of carbonyl (C=O) groups is 1. The van der Waals surface area contributed by atoms with E-state index in [4.69, 9.17) is 0 Å². The van der Waals surface area contributed by atoms with Crippen molar-refractivity contribution in [2.75, 3.05) is 7.11 Å². The summed E-state index contributed by atoms with van der Waals surface area (Å²) in [7, 11) is 1.17. The lowest BCUT2D eigenvalue weighted by molar-refractivity contribution is -0.133. The smallest absolute Gasteiger partial charge is 0.384 e. The van der Waals surface area contributed by atoms with Crippen LogP contribution in [0.4, 0.5) is 4.39 Å². The molecule has 0 heterocycles. The molecule has 0 fully saturated rings. The second-order valence-electron chi connectivity index (χ2n) is 2.83. The van der Waals surface area contributed by atoms with E-state index in [2.05, 4.69) is 26.6 Å². The molecule has 0 radical (unpaired) electrons. The highest BCUT2D eigenvalue weighted by molar-refractivity contribution is 9.10. The van der Waals surface area contributed by atoms with Crippen LogP contribution in [0.3, 0.4) is 0 Å². The third-order valence-corrected chi connectivity index (χ3v) is 2.25. The largest absolute Gasteiger partial charge is 0.459 e. The van der Waals surface area contributed by atoms with Crippen molar-refractivity contribution >= 4 is 21.9 Å². The van der Waals surface area contributed by atoms with Gasteiger partial charge in [-0.15, -0.1) is 0 Å². The van der Waals surface area contributed by atoms with Gasteiger partial charge < -0.3 is 9.84 Å². The molecule has 0 bridgehead atoms. The highest BCUT2D eigenvalue weighted by Crippen LogP contribution is 2.20. The number of aliphatic hydroxyl groups excluding tert-OH is 1. The maximum Gasteiger partial charge on any atom is 0.384 e. The summed E-state index contributed by atoms with van der Waals surface area (Å²) in [5.41, 5.74) is 0.0135. The van der Waals surface area contributed by atoms with Crippen LogP contribution in [0.1, 0.15) is 19.1 Å². The summed E-state index contributed by atoms with van der Waals surface area (Å²) in [6.07, 6.45) is -1.35. The molecule has 1 unspecified atom stereocenters. The molecular weight excluding hydrogens is 291 g/mol. The van der Waals surface area contributed by atoms with Gasteiger partial charge in [-0.05, 0) is 12.1 Å². The number of hydrogen-bond acceptors (Lipinski definition) is 3. The van der Waals surface area contributed by atoms with Crippen LogP contribution in [-0.4, -0.2) is 18.2 Å². The lowest BCUT2D eigenvalue weighted by atomic mass is 10.1. The van der Waals surface area contributed by atoms with Crippen LogP contribution < -0.4 is 0 Å². The monoisotopic (exact) mass is 302 g/mol. The van der Waals surface area contributed by atoms with E-state index in [1.54, 1.807) is 6.07 Å². The van der Waals surface area contributed by atoms with E-state index in [1.165, 1.54) is 19.2 Å². The fourth-order valence-corrected chi connectivity index (χ4v) is 1.31. The lowest BCUT2D eigenvalue weighted by Crippen LogP contribution is -2.00. The number of halogens is 2. The second kappa shape index (κ2) is 7.05. The standard InChI is InChI=1S/C11H8BrFO3.CH4/c1-16-11(15)5-4-10(14)8-3-2-7(12)6-9(8)13;/h2-3,6,10,14H,1H3;1H4. The SMILES string of the molecule is C.COC(=O)C#CC(O)c1ccc(Br)cc1F. The second-order valence-corrected chi connectivity index (χ2v) is 3.74. The normalized spacial score (nSPS) is 10.6. The number of esters is 1. The first kappa shape index (κ1) is 15.6. The Labute approximate surface area is 108 Å². The van der Waals surface area contributed by atoms with Crippen LogP contribution in [-0.2, 0) is 9.53 Å². The first-order valence-corrected chi connectivity index (χ1v) is 5.06. The van der Waals surface area contributed by atoms with Crippen LogP contribution in [0.25, 0.3) is 0 Å². The van der Waals surface area contributed by atoms with E-state index in [0.29, 0.717) is 4.47 Å². The van der Waals surface area contributed by atoms with Crippen molar-refractivity contribution in [3.63, 3.8) is 0 Å². The molecule has 0 saturated heterocycles. The molecule has 1 atom stereocenters. The Morgan fingerprint density at radius 3 is 2.76 bits per heavy atom. The van der Waals surface area contributed by atoms with Gasteiger partial charge in [0.05, 0.1) is 7.11 Å². The van der Waals surface area contributed by atoms with Gasteiger partial charge in [0, 0.05) is 16.0 Å². The molecule has 0 aliphatic carbocycles. The Balaban J connectivity index is 0.00000256. The maximum atomic E-state index is 13.3. The van der Waals surface area contributed by atoms with Crippen molar-refractivity contribution < 1.29 is 19.0 Å². The van der Waals surface area contributed by atoms with Gasteiger partial charge in [0.2, 0.25) is 0 Å². The minimum Gasteiger partial charge on any atom is -0.459 e. The summed E-state index contributed by atoms with van der Waals surface area (Å²) in [6, 6.07) is 4.16. The minimum absolute atomic E-state index is 0. The van der Waals surface area contributed by atoms with E-state index in [0.717, 1.165) is 0 Å². The number of ether oxygens (including phenoxy) is 1. The summed E-state index contributed by atoms with van der Waals surface area (Å²) in [5.74, 6) is 2.84. The summed E-state index contributed by atoms with van der Waals surface area (Å²) in [6.45, 7) is 0. The van der Waals surface area contributed by atoms with Crippen LogP contribution in [0, 0.1) is 17.7 Å². The van der Waals surface area contributed by atoms with Gasteiger partial charge in [-0.3, -0.25) is 0 Å². The molecule has 17 heavy (non-hydrogen) atoms. The Morgan fingerprint density at radius 1 is 1.59 bits per heavy atom. The summed E-state index contributed by atoms with van der Waals surface area (Å²) < 4.78 is 18.2. The molecule has 0 aliphatic heterocycles. The van der Waals surface area contributed by atoms with Crippen molar-refractivity contribution in [1.82, 2.24) is 0 Å². The number of aliphatic hydroxyl groups is 1. The number of carbonyl (C=O) groups excluding carboxylic acids is 1. The van der Waals surface area contributed by atoms with E-state index in [-0.39, 0.29) is 13.0 Å². The van der Waals surface area contributed by atoms with Crippen LogP contribution in [0.2, 0.25) is 0 Å². The fraction of sp³-hybridized carbons (Fsp3) is 0.250. The van der Waals surface area contributed by atoms with E-state index < -0.39 is 17.9 Å². The van der Waals surface area contributed by atoms with Crippen molar-refractivity contribution in [2.45, 2.75) is 13.5 Å². The molecule has 1 N–H and O–H groups in total. The molecule has 1 aromatic carbocycles. The zero-order valence-electron chi connectivity index (χ0n) is 8.33. The molecular formula is C12H12BrFO3. The molecule has 5 heteroatoms. The maximum absolute atomic E-state index is 13.3. The molecule has 1 aromatic rings. The Bertz CT molecular complexity index is 463. The molecule has 0 aliphatic rings. The summed E-state index contributed by atoms with van der Waals surface area (Å²) in [5, 5.41) is 9.50. The highest BCUT2D eigenvalue weighted by atomic mass is 79.9. The molecule has 0 spiro atoms. The molecule has 92 valence electrons. The summed E-state index contributed by atoms with van der Waals surface area (Å²) in [4.78, 5) is 10.7. The first-order chi connectivity index (χ1) is 7.54.